The predicted octanol–water partition coefficient (Wildman–Crippen LogP) is -2.27. The van der Waals surface area contributed by atoms with Gasteiger partial charge in [-0.05, 0) is 104 Å². The molecule has 10 rings (SSSR count). The molecule has 1 spiro atoms. The number of rotatable bonds is 11. The van der Waals surface area contributed by atoms with Crippen molar-refractivity contribution in [3.05, 3.63) is 0 Å². The number of ether oxygens (including phenoxy) is 10. The largest absolute Gasteiger partial charge is 0.394 e. The molecule has 6 aliphatic heterocycles. The van der Waals surface area contributed by atoms with Crippen molar-refractivity contribution in [3.63, 3.8) is 0 Å². The van der Waals surface area contributed by atoms with Gasteiger partial charge in [-0.1, -0.05) is 27.7 Å². The summed E-state index contributed by atoms with van der Waals surface area (Å²) in [6.45, 7) is 7.42. The summed E-state index contributed by atoms with van der Waals surface area (Å²) >= 11 is 0. The maximum Gasteiger partial charge on any atom is 0.187 e. The first-order valence-corrected chi connectivity index (χ1v) is 26.7. The van der Waals surface area contributed by atoms with E-state index < -0.39 is 149 Å². The fraction of sp³-hybridized carbons (Fsp3) is 1.00. The Morgan fingerprint density at radius 1 is 0.514 bits per heavy atom. The van der Waals surface area contributed by atoms with Crippen LogP contribution in [-0.2, 0) is 47.4 Å². The first-order valence-electron chi connectivity index (χ1n) is 26.7. The molecule has 22 heteroatoms. The molecule has 6 unspecified atom stereocenters. The maximum atomic E-state index is 11.8. The van der Waals surface area contributed by atoms with Gasteiger partial charge in [-0.25, -0.2) is 0 Å². The lowest BCUT2D eigenvalue weighted by Crippen LogP contribution is -2.68. The predicted molar refractivity (Wildman–Crippen MR) is 242 cm³/mol. The highest BCUT2D eigenvalue weighted by Crippen LogP contribution is 2.71. The molecule has 4 aliphatic carbocycles. The van der Waals surface area contributed by atoms with Gasteiger partial charge in [-0.15, -0.1) is 0 Å². The molecule has 0 aromatic rings. The van der Waals surface area contributed by atoms with Gasteiger partial charge in [-0.3, -0.25) is 0 Å². The highest BCUT2D eigenvalue weighted by Gasteiger charge is 2.69. The highest BCUT2D eigenvalue weighted by atomic mass is 16.8. The fourth-order valence-electron chi connectivity index (χ4n) is 15.9. The summed E-state index contributed by atoms with van der Waals surface area (Å²) in [4.78, 5) is 0. The maximum absolute atomic E-state index is 11.8. The summed E-state index contributed by atoms with van der Waals surface area (Å²) in [5.41, 5.74) is 0.293. The third kappa shape index (κ3) is 9.26. The molecule has 10 fully saturated rings. The molecule has 0 amide bonds. The van der Waals surface area contributed by atoms with Gasteiger partial charge < -0.3 is 109 Å². The van der Waals surface area contributed by atoms with E-state index in [-0.39, 0.29) is 23.0 Å². The number of aliphatic hydroxyl groups is 12. The molecular weight excluding hydrogens is 953 g/mol. The van der Waals surface area contributed by atoms with Crippen LogP contribution in [0.4, 0.5) is 0 Å². The van der Waals surface area contributed by atoms with Crippen LogP contribution in [0.2, 0.25) is 0 Å². The van der Waals surface area contributed by atoms with Crippen molar-refractivity contribution in [2.45, 2.75) is 227 Å². The Balaban J connectivity index is 0.812. The standard InChI is InChI=1S/C50H82O22/c1-20-7-12-50(64-18-20)21(2)32-28(72-50)14-26-24-6-5-22-13-23(8-10-48(22,3)25(24)9-11-49(26,32)4)65-45-40(62)37(59)41(31(17-53)68-45)69-47-43(71-46-39(61)36(58)34(56)29(15-51)66-46)42(35(57)30(16-52)67-47)70-44-38(60)33(55)27(54)19-63-44/h20-47,51-62H,5-19H2,1-4H3/t20-,21?,22+,23+,24?,25?,26?,27-,28?,29-,30-,31-,32?,33+,34+,35-,36+,37-,38-,39-,40-,41+,42+,43-,44+,45-,46+,47+,48+,49+,50-/m1/s1. The van der Waals surface area contributed by atoms with Crippen molar-refractivity contribution in [2.24, 2.45) is 52.3 Å². The lowest BCUT2D eigenvalue weighted by molar-refractivity contribution is -0.404. The summed E-state index contributed by atoms with van der Waals surface area (Å²) < 4.78 is 61.4. The zero-order valence-electron chi connectivity index (χ0n) is 41.7. The summed E-state index contributed by atoms with van der Waals surface area (Å²) in [7, 11) is 0. The molecule has 10 aliphatic rings. The van der Waals surface area contributed by atoms with Crippen molar-refractivity contribution in [3.8, 4) is 0 Å². The Labute approximate surface area is 419 Å². The highest BCUT2D eigenvalue weighted by molar-refractivity contribution is 5.15. The van der Waals surface area contributed by atoms with Crippen LogP contribution in [0.1, 0.15) is 91.9 Å². The molecule has 414 valence electrons. The van der Waals surface area contributed by atoms with Crippen molar-refractivity contribution < 1.29 is 109 Å². The number of hydrogen-bond donors (Lipinski definition) is 12. The van der Waals surface area contributed by atoms with Crippen LogP contribution in [0.15, 0.2) is 0 Å². The molecule has 6 heterocycles. The summed E-state index contributed by atoms with van der Waals surface area (Å²) in [6.07, 6.45) is -22.9. The molecule has 4 saturated carbocycles. The Morgan fingerprint density at radius 2 is 1.14 bits per heavy atom. The normalized spacial score (nSPS) is 57.8. The quantitative estimate of drug-likeness (QED) is 0.0971. The first kappa shape index (κ1) is 54.5. The third-order valence-electron chi connectivity index (χ3n) is 20.0. The van der Waals surface area contributed by atoms with Crippen LogP contribution in [0.25, 0.3) is 0 Å². The summed E-state index contributed by atoms with van der Waals surface area (Å²) in [5.74, 6) is 3.06. The van der Waals surface area contributed by atoms with Crippen molar-refractivity contribution in [1.82, 2.24) is 0 Å². The number of hydrogen-bond acceptors (Lipinski definition) is 22. The Bertz CT molecular complexity index is 1830. The zero-order valence-corrected chi connectivity index (χ0v) is 41.7. The minimum Gasteiger partial charge on any atom is -0.394 e. The second kappa shape index (κ2) is 21.1. The zero-order chi connectivity index (χ0) is 51.3. The molecule has 0 radical (unpaired) electrons. The van der Waals surface area contributed by atoms with Crippen molar-refractivity contribution >= 4 is 0 Å². The Morgan fingerprint density at radius 3 is 1.85 bits per heavy atom. The Kier molecular flexibility index (Phi) is 15.9. The molecule has 72 heavy (non-hydrogen) atoms. The van der Waals surface area contributed by atoms with Gasteiger partial charge in [0.15, 0.2) is 30.9 Å². The van der Waals surface area contributed by atoms with Crippen LogP contribution in [0.5, 0.6) is 0 Å². The summed E-state index contributed by atoms with van der Waals surface area (Å²) in [5, 5.41) is 129. The Hall–Kier alpha value is -0.880. The van der Waals surface area contributed by atoms with Crippen LogP contribution in [0, 0.1) is 52.3 Å². The first-order chi connectivity index (χ1) is 34.3. The fourth-order valence-corrected chi connectivity index (χ4v) is 15.9. The van der Waals surface area contributed by atoms with Crippen LogP contribution >= 0.6 is 0 Å². The van der Waals surface area contributed by atoms with Gasteiger partial charge in [0, 0.05) is 12.3 Å². The van der Waals surface area contributed by atoms with Crippen LogP contribution in [0.3, 0.4) is 0 Å². The van der Waals surface area contributed by atoms with Gasteiger partial charge in [0.25, 0.3) is 0 Å². The van der Waals surface area contributed by atoms with Gasteiger partial charge in [0.2, 0.25) is 0 Å². The smallest absolute Gasteiger partial charge is 0.187 e. The van der Waals surface area contributed by atoms with Gasteiger partial charge in [0.1, 0.15) is 91.6 Å². The van der Waals surface area contributed by atoms with Gasteiger partial charge in [0.05, 0.1) is 45.2 Å². The van der Waals surface area contributed by atoms with E-state index in [4.69, 9.17) is 47.4 Å². The molecule has 12 N–H and O–H groups in total. The molecule has 6 saturated heterocycles. The molecule has 0 bridgehead atoms. The SMILES string of the molecule is CC1C2C(CC3C4CC[C@H]5C[C@@H](O[C@@H]6O[C@H](CO)[C@H](O[C@@H]7O[C@H](CO)[C@@H](O)[C@H](O[C@@H]8OC[C@@H](O)[C@H](O)[C@H]8O)[C@H]7O[C@@H]7O[C@H](CO)[C@H](O)[C@H](O)[C@H]7O)[C@H](O)[C@H]6O)CC[C@]5(C)C4CC[C@@]32C)O[C@]12CC[C@@H](C)CO2. The van der Waals surface area contributed by atoms with E-state index in [9.17, 15) is 61.3 Å². The third-order valence-corrected chi connectivity index (χ3v) is 20.0. The lowest BCUT2D eigenvalue weighted by Gasteiger charge is -2.61. The van der Waals surface area contributed by atoms with E-state index in [1.54, 1.807) is 0 Å². The van der Waals surface area contributed by atoms with E-state index >= 15 is 0 Å². The number of fused-ring (bicyclic) bond motifs is 7. The molecule has 22 nitrogen and oxygen atoms in total. The van der Waals surface area contributed by atoms with E-state index in [1.165, 1.54) is 12.8 Å². The average Bonchev–Trinajstić information content (AvgIpc) is 3.82. The van der Waals surface area contributed by atoms with E-state index in [0.717, 1.165) is 51.6 Å². The second-order valence-corrected chi connectivity index (χ2v) is 23.9. The number of aliphatic hydroxyl groups excluding tert-OH is 12. The van der Waals surface area contributed by atoms with Crippen LogP contribution in [-0.4, -0.2) is 229 Å². The van der Waals surface area contributed by atoms with Gasteiger partial charge in [-0.2, -0.15) is 0 Å². The average molecular weight is 1040 g/mol. The lowest BCUT2D eigenvalue weighted by atomic mass is 9.44. The van der Waals surface area contributed by atoms with Crippen LogP contribution < -0.4 is 0 Å². The second-order valence-electron chi connectivity index (χ2n) is 23.9. The van der Waals surface area contributed by atoms with Crippen molar-refractivity contribution in [2.75, 3.05) is 33.0 Å². The van der Waals surface area contributed by atoms with Gasteiger partial charge >= 0.3 is 0 Å². The minimum absolute atomic E-state index is 0.0916. The summed E-state index contributed by atoms with van der Waals surface area (Å²) in [6, 6.07) is 0. The van der Waals surface area contributed by atoms with E-state index in [2.05, 4.69) is 27.7 Å². The topological polar surface area (TPSA) is 335 Å². The van der Waals surface area contributed by atoms with E-state index in [1.807, 2.05) is 0 Å². The monoisotopic (exact) mass is 1030 g/mol. The molecule has 0 aromatic heterocycles. The van der Waals surface area contributed by atoms with Crippen molar-refractivity contribution in [1.29, 1.82) is 0 Å². The van der Waals surface area contributed by atoms with E-state index in [0.29, 0.717) is 47.8 Å². The molecule has 31 atom stereocenters. The minimum atomic E-state index is -2.00. The molecule has 0 aromatic carbocycles. The molecular formula is C50H82O22.